The molecule has 108 valence electrons. The van der Waals surface area contributed by atoms with E-state index in [4.69, 9.17) is 4.98 Å². The number of benzene rings is 1. The van der Waals surface area contributed by atoms with Gasteiger partial charge in [0.25, 0.3) is 0 Å². The van der Waals surface area contributed by atoms with E-state index in [9.17, 15) is 0 Å². The van der Waals surface area contributed by atoms with Crippen LogP contribution in [0.5, 0.6) is 0 Å². The number of tetrazole rings is 1. The summed E-state index contributed by atoms with van der Waals surface area (Å²) in [6, 6.07) is 8.30. The van der Waals surface area contributed by atoms with Crippen molar-refractivity contribution in [2.24, 2.45) is 0 Å². The predicted octanol–water partition coefficient (Wildman–Crippen LogP) is 1.13. The number of fused-ring (bicyclic) bond motifs is 1. The van der Waals surface area contributed by atoms with Gasteiger partial charge in [-0.3, -0.25) is 4.90 Å². The summed E-state index contributed by atoms with van der Waals surface area (Å²) in [5.74, 6) is 0.753. The van der Waals surface area contributed by atoms with Crippen LogP contribution in [0.1, 0.15) is 5.82 Å². The molecular formula is C13H15N7S. The standard InChI is InChI=1S/C13H15N7S/c1-2-4-11-10(3-1)14-13(21-11)20-7-5-19(6-8-20)9-12-15-17-18-16-12/h1-4H,5-9H2,(H,15,16,17,18). The SMILES string of the molecule is c1ccc2sc(N3CCN(Cc4nn[nH]n4)CC3)nc2c1. The van der Waals surface area contributed by atoms with E-state index in [1.54, 1.807) is 11.3 Å². The quantitative estimate of drug-likeness (QED) is 0.782. The predicted molar refractivity (Wildman–Crippen MR) is 81.3 cm³/mol. The molecule has 1 aromatic carbocycles. The van der Waals surface area contributed by atoms with Crippen molar-refractivity contribution in [1.82, 2.24) is 30.5 Å². The third-order valence-electron chi connectivity index (χ3n) is 3.68. The van der Waals surface area contributed by atoms with Gasteiger partial charge >= 0.3 is 0 Å². The van der Waals surface area contributed by atoms with Crippen LogP contribution in [0.3, 0.4) is 0 Å². The third kappa shape index (κ3) is 2.59. The van der Waals surface area contributed by atoms with E-state index in [2.05, 4.69) is 48.6 Å². The number of anilines is 1. The molecule has 3 heterocycles. The van der Waals surface area contributed by atoms with Crippen molar-refractivity contribution in [2.45, 2.75) is 6.54 Å². The van der Waals surface area contributed by atoms with Crippen LogP contribution in [0.15, 0.2) is 24.3 Å². The second-order valence-corrected chi connectivity index (χ2v) is 6.06. The summed E-state index contributed by atoms with van der Waals surface area (Å²) in [5.41, 5.74) is 1.09. The molecule has 0 spiro atoms. The molecule has 1 saturated heterocycles. The van der Waals surface area contributed by atoms with Gasteiger partial charge in [-0.15, -0.1) is 10.2 Å². The summed E-state index contributed by atoms with van der Waals surface area (Å²) in [4.78, 5) is 9.42. The topological polar surface area (TPSA) is 73.8 Å². The highest BCUT2D eigenvalue weighted by Gasteiger charge is 2.20. The fourth-order valence-electron chi connectivity index (χ4n) is 2.54. The van der Waals surface area contributed by atoms with E-state index in [0.29, 0.717) is 0 Å². The molecule has 3 aromatic rings. The number of rotatable bonds is 3. The Morgan fingerprint density at radius 3 is 2.76 bits per heavy atom. The van der Waals surface area contributed by atoms with E-state index in [1.807, 2.05) is 6.07 Å². The minimum atomic E-state index is 0.753. The summed E-state index contributed by atoms with van der Waals surface area (Å²) in [7, 11) is 0. The number of thiazole rings is 1. The number of aromatic amines is 1. The lowest BCUT2D eigenvalue weighted by Crippen LogP contribution is -2.46. The Morgan fingerprint density at radius 1 is 1.14 bits per heavy atom. The summed E-state index contributed by atoms with van der Waals surface area (Å²) < 4.78 is 1.25. The molecule has 1 aliphatic rings. The smallest absolute Gasteiger partial charge is 0.188 e. The number of piperazine rings is 1. The van der Waals surface area contributed by atoms with Gasteiger partial charge in [0.05, 0.1) is 16.8 Å². The first-order chi connectivity index (χ1) is 10.4. The lowest BCUT2D eigenvalue weighted by atomic mass is 10.3. The molecule has 0 bridgehead atoms. The fraction of sp³-hybridized carbons (Fsp3) is 0.385. The first-order valence-electron chi connectivity index (χ1n) is 6.94. The van der Waals surface area contributed by atoms with Gasteiger partial charge in [0.15, 0.2) is 11.0 Å². The maximum absolute atomic E-state index is 4.72. The lowest BCUT2D eigenvalue weighted by Gasteiger charge is -2.33. The number of aromatic nitrogens is 5. The van der Waals surface area contributed by atoms with Crippen LogP contribution in [0, 0.1) is 0 Å². The number of H-pyrrole nitrogens is 1. The Balaban J connectivity index is 1.42. The molecule has 0 saturated carbocycles. The van der Waals surface area contributed by atoms with Gasteiger partial charge in [-0.25, -0.2) is 4.98 Å². The molecule has 8 heteroatoms. The second kappa shape index (κ2) is 5.38. The molecule has 0 unspecified atom stereocenters. The molecule has 0 amide bonds. The zero-order chi connectivity index (χ0) is 14.1. The highest BCUT2D eigenvalue weighted by atomic mass is 32.1. The Hall–Kier alpha value is -2.06. The van der Waals surface area contributed by atoms with Crippen molar-refractivity contribution in [3.8, 4) is 0 Å². The van der Waals surface area contributed by atoms with Gasteiger partial charge in [-0.2, -0.15) is 5.21 Å². The van der Waals surface area contributed by atoms with Crippen LogP contribution in [-0.2, 0) is 6.54 Å². The van der Waals surface area contributed by atoms with E-state index >= 15 is 0 Å². The van der Waals surface area contributed by atoms with Crippen LogP contribution in [0.4, 0.5) is 5.13 Å². The maximum atomic E-state index is 4.72. The van der Waals surface area contributed by atoms with Crippen LogP contribution in [0.25, 0.3) is 10.2 Å². The van der Waals surface area contributed by atoms with Crippen molar-refractivity contribution >= 4 is 26.7 Å². The molecule has 0 atom stereocenters. The summed E-state index contributed by atoms with van der Waals surface area (Å²) >= 11 is 1.77. The monoisotopic (exact) mass is 301 g/mol. The Morgan fingerprint density at radius 2 is 2.00 bits per heavy atom. The van der Waals surface area contributed by atoms with Crippen LogP contribution < -0.4 is 4.90 Å². The molecule has 0 radical (unpaired) electrons. The molecule has 1 N–H and O–H groups in total. The second-order valence-electron chi connectivity index (χ2n) is 5.06. The number of hydrogen-bond acceptors (Lipinski definition) is 7. The van der Waals surface area contributed by atoms with Crippen LogP contribution >= 0.6 is 11.3 Å². The van der Waals surface area contributed by atoms with Crippen molar-refractivity contribution in [2.75, 3.05) is 31.1 Å². The average molecular weight is 301 g/mol. The third-order valence-corrected chi connectivity index (χ3v) is 4.78. The maximum Gasteiger partial charge on any atom is 0.188 e. The van der Waals surface area contributed by atoms with Crippen molar-refractivity contribution < 1.29 is 0 Å². The van der Waals surface area contributed by atoms with E-state index < -0.39 is 0 Å². The molecule has 1 aliphatic heterocycles. The number of hydrogen-bond donors (Lipinski definition) is 1. The first kappa shape index (κ1) is 12.7. The molecule has 21 heavy (non-hydrogen) atoms. The summed E-state index contributed by atoms with van der Waals surface area (Å²) in [6.45, 7) is 4.70. The van der Waals surface area contributed by atoms with E-state index in [1.165, 1.54) is 4.70 Å². The number of nitrogens with zero attached hydrogens (tertiary/aromatic N) is 6. The molecule has 7 nitrogen and oxygen atoms in total. The molecule has 1 fully saturated rings. The number of nitrogens with one attached hydrogen (secondary N) is 1. The Labute approximate surface area is 125 Å². The fourth-order valence-corrected chi connectivity index (χ4v) is 3.56. The van der Waals surface area contributed by atoms with Crippen molar-refractivity contribution in [3.05, 3.63) is 30.1 Å². The average Bonchev–Trinajstić information content (AvgIpc) is 3.16. The van der Waals surface area contributed by atoms with Crippen molar-refractivity contribution in [3.63, 3.8) is 0 Å². The van der Waals surface area contributed by atoms with Crippen LogP contribution in [-0.4, -0.2) is 56.7 Å². The highest BCUT2D eigenvalue weighted by molar-refractivity contribution is 7.22. The van der Waals surface area contributed by atoms with E-state index in [-0.39, 0.29) is 0 Å². The van der Waals surface area contributed by atoms with Gasteiger partial charge in [0, 0.05) is 26.2 Å². The molecule has 4 rings (SSSR count). The van der Waals surface area contributed by atoms with E-state index in [0.717, 1.165) is 49.2 Å². The lowest BCUT2D eigenvalue weighted by molar-refractivity contribution is 0.244. The van der Waals surface area contributed by atoms with Gasteiger partial charge < -0.3 is 4.90 Å². The normalized spacial score (nSPS) is 16.7. The summed E-state index contributed by atoms with van der Waals surface area (Å²) in [6.07, 6.45) is 0. The van der Waals surface area contributed by atoms with Gasteiger partial charge in [0.2, 0.25) is 0 Å². The number of para-hydroxylation sites is 1. The highest BCUT2D eigenvalue weighted by Crippen LogP contribution is 2.29. The van der Waals surface area contributed by atoms with Gasteiger partial charge in [0.1, 0.15) is 0 Å². The zero-order valence-electron chi connectivity index (χ0n) is 11.4. The summed E-state index contributed by atoms with van der Waals surface area (Å²) in [5, 5.41) is 15.2. The van der Waals surface area contributed by atoms with Crippen molar-refractivity contribution in [1.29, 1.82) is 0 Å². The van der Waals surface area contributed by atoms with Gasteiger partial charge in [-0.1, -0.05) is 28.7 Å². The molecular weight excluding hydrogens is 286 g/mol. The minimum absolute atomic E-state index is 0.753. The largest absolute Gasteiger partial charge is 0.345 e. The molecule has 2 aromatic heterocycles. The Bertz CT molecular complexity index is 682. The first-order valence-corrected chi connectivity index (χ1v) is 7.75. The zero-order valence-corrected chi connectivity index (χ0v) is 12.3. The van der Waals surface area contributed by atoms with Crippen LogP contribution in [0.2, 0.25) is 0 Å². The Kier molecular flexibility index (Phi) is 3.24. The minimum Gasteiger partial charge on any atom is -0.345 e. The molecule has 0 aliphatic carbocycles. The van der Waals surface area contributed by atoms with Gasteiger partial charge in [-0.05, 0) is 12.1 Å².